The summed E-state index contributed by atoms with van der Waals surface area (Å²) in [7, 11) is 0. The van der Waals surface area contributed by atoms with Gasteiger partial charge in [-0.3, -0.25) is 24.0 Å². The number of rotatable bonds is 18. The van der Waals surface area contributed by atoms with Crippen molar-refractivity contribution >= 4 is 29.7 Å². The van der Waals surface area contributed by atoms with Crippen LogP contribution in [-0.4, -0.2) is 75.3 Å². The molecule has 0 aromatic rings. The lowest BCUT2D eigenvalue weighted by Crippen LogP contribution is -2.35. The maximum absolute atomic E-state index is 13.0. The lowest BCUT2D eigenvalue weighted by atomic mass is 9.71. The van der Waals surface area contributed by atoms with Crippen LogP contribution in [0.15, 0.2) is 48.6 Å². The standard InChI is InChI=1S/C38H58N2O9/c1-6-9-12-30-23-38(45)49-32(25-47-36(43)22-29(30)8-3)26-48-37(44)24-31-17-16-27(4)28(5)33(31)13-11-15-35(42)40-19-21-46-20-18-39-34(41)14-10-7-2/h6-7,9-11,13,16-17,27-33H,8,12,14-15,18-26H2,1-5H3,(H,39,41)(H,40,42). The molecule has 0 bridgehead atoms. The summed E-state index contributed by atoms with van der Waals surface area (Å²) in [6.07, 6.45) is 17.1. The molecule has 1 heterocycles. The number of allylic oxidation sites excluding steroid dienone is 6. The van der Waals surface area contributed by atoms with E-state index in [1.807, 2.05) is 57.2 Å². The van der Waals surface area contributed by atoms with Crippen molar-refractivity contribution < 1.29 is 42.9 Å². The number of hydrogen-bond donors (Lipinski definition) is 2. The molecule has 1 saturated heterocycles. The minimum Gasteiger partial charge on any atom is -0.462 e. The first-order valence-corrected chi connectivity index (χ1v) is 17.8. The Kier molecular flexibility index (Phi) is 20.0. The molecule has 2 N–H and O–H groups in total. The fraction of sp³-hybridized carbons (Fsp3) is 0.658. The highest BCUT2D eigenvalue weighted by Gasteiger charge is 2.33. The summed E-state index contributed by atoms with van der Waals surface area (Å²) in [5.74, 6) is -1.01. The molecule has 0 aromatic heterocycles. The predicted molar refractivity (Wildman–Crippen MR) is 187 cm³/mol. The molecule has 49 heavy (non-hydrogen) atoms. The second-order valence-electron chi connectivity index (χ2n) is 12.9. The van der Waals surface area contributed by atoms with Crippen LogP contribution in [0.1, 0.15) is 79.6 Å². The summed E-state index contributed by atoms with van der Waals surface area (Å²) in [5, 5.41) is 5.59. The smallest absolute Gasteiger partial charge is 0.306 e. The van der Waals surface area contributed by atoms with Crippen LogP contribution < -0.4 is 10.6 Å². The first-order valence-electron chi connectivity index (χ1n) is 17.8. The van der Waals surface area contributed by atoms with Gasteiger partial charge in [0.15, 0.2) is 6.10 Å². The molecule has 7 atom stereocenters. The van der Waals surface area contributed by atoms with Crippen LogP contribution in [-0.2, 0) is 42.9 Å². The Balaban J connectivity index is 1.83. The summed E-state index contributed by atoms with van der Waals surface area (Å²) < 4.78 is 22.1. The van der Waals surface area contributed by atoms with Crippen molar-refractivity contribution in [3.05, 3.63) is 48.6 Å². The van der Waals surface area contributed by atoms with Gasteiger partial charge in [-0.1, -0.05) is 75.8 Å². The SMILES string of the molecule is CC=CCC(=O)NCCOCCNC(=O)CC=CC1C(CC(=O)OCC2COC(=O)CC(CC)C(CC=CC)CC(=O)O2)C=CC(C)C1C. The molecule has 274 valence electrons. The van der Waals surface area contributed by atoms with Crippen LogP contribution in [0.3, 0.4) is 0 Å². The van der Waals surface area contributed by atoms with Crippen molar-refractivity contribution in [1.29, 1.82) is 0 Å². The van der Waals surface area contributed by atoms with E-state index >= 15 is 0 Å². The number of cyclic esters (lactones) is 2. The number of esters is 3. The maximum Gasteiger partial charge on any atom is 0.306 e. The van der Waals surface area contributed by atoms with Gasteiger partial charge < -0.3 is 29.6 Å². The van der Waals surface area contributed by atoms with Gasteiger partial charge in [0, 0.05) is 38.8 Å². The second kappa shape index (κ2) is 23.6. The van der Waals surface area contributed by atoms with E-state index in [9.17, 15) is 24.0 Å². The summed E-state index contributed by atoms with van der Waals surface area (Å²) in [5.41, 5.74) is 0. The number of carbonyl (C=O) groups is 5. The van der Waals surface area contributed by atoms with E-state index in [0.717, 1.165) is 6.42 Å². The molecular formula is C38H58N2O9. The molecule has 2 amide bonds. The molecule has 7 unspecified atom stereocenters. The zero-order chi connectivity index (χ0) is 36.0. The van der Waals surface area contributed by atoms with Gasteiger partial charge in [0.05, 0.1) is 19.6 Å². The first kappa shape index (κ1) is 41.4. The third-order valence-corrected chi connectivity index (χ3v) is 9.21. The van der Waals surface area contributed by atoms with E-state index in [0.29, 0.717) is 45.1 Å². The van der Waals surface area contributed by atoms with E-state index in [1.54, 1.807) is 6.08 Å². The lowest BCUT2D eigenvalue weighted by molar-refractivity contribution is -0.170. The molecule has 1 fully saturated rings. The summed E-state index contributed by atoms with van der Waals surface area (Å²) in [4.78, 5) is 62.3. The number of nitrogens with one attached hydrogen (secondary N) is 2. The number of amides is 2. The zero-order valence-corrected chi connectivity index (χ0v) is 30.0. The number of hydrogen-bond acceptors (Lipinski definition) is 9. The van der Waals surface area contributed by atoms with Crippen molar-refractivity contribution in [2.24, 2.45) is 35.5 Å². The third-order valence-electron chi connectivity index (χ3n) is 9.21. The molecule has 2 aliphatic rings. The molecule has 1 aliphatic carbocycles. The molecule has 1 aliphatic heterocycles. The fourth-order valence-electron chi connectivity index (χ4n) is 6.07. The highest BCUT2D eigenvalue weighted by atomic mass is 16.6. The van der Waals surface area contributed by atoms with Crippen LogP contribution >= 0.6 is 0 Å². The summed E-state index contributed by atoms with van der Waals surface area (Å²) >= 11 is 0. The van der Waals surface area contributed by atoms with Crippen LogP contribution in [0.4, 0.5) is 0 Å². The molecule has 11 heteroatoms. The minimum absolute atomic E-state index is 0.0137. The Morgan fingerprint density at radius 3 is 2.20 bits per heavy atom. The van der Waals surface area contributed by atoms with E-state index in [4.69, 9.17) is 18.9 Å². The van der Waals surface area contributed by atoms with E-state index in [1.165, 1.54) is 0 Å². The lowest BCUT2D eigenvalue weighted by Gasteiger charge is -2.34. The molecule has 11 nitrogen and oxygen atoms in total. The Labute approximate surface area is 292 Å². The second-order valence-corrected chi connectivity index (χ2v) is 12.9. The average molecular weight is 687 g/mol. The van der Waals surface area contributed by atoms with Gasteiger partial charge in [0.2, 0.25) is 11.8 Å². The average Bonchev–Trinajstić information content (AvgIpc) is 3.08. The van der Waals surface area contributed by atoms with Gasteiger partial charge in [-0.05, 0) is 55.8 Å². The zero-order valence-electron chi connectivity index (χ0n) is 30.0. The molecular weight excluding hydrogens is 628 g/mol. The van der Waals surface area contributed by atoms with Gasteiger partial charge in [-0.2, -0.15) is 0 Å². The Hall–Kier alpha value is -3.73. The fourth-order valence-corrected chi connectivity index (χ4v) is 6.07. The topological polar surface area (TPSA) is 146 Å². The van der Waals surface area contributed by atoms with Gasteiger partial charge in [-0.25, -0.2) is 0 Å². The van der Waals surface area contributed by atoms with Crippen molar-refractivity contribution in [2.45, 2.75) is 85.7 Å². The molecule has 0 spiro atoms. The normalized spacial score (nSPS) is 26.4. The van der Waals surface area contributed by atoms with Crippen molar-refractivity contribution in [3.8, 4) is 0 Å². The highest BCUT2D eigenvalue weighted by Crippen LogP contribution is 2.37. The molecule has 0 radical (unpaired) electrons. The quantitative estimate of drug-likeness (QED) is 0.0879. The highest BCUT2D eigenvalue weighted by molar-refractivity contribution is 5.77. The van der Waals surface area contributed by atoms with Crippen LogP contribution in [0.5, 0.6) is 0 Å². The van der Waals surface area contributed by atoms with E-state index in [2.05, 4.69) is 30.6 Å². The molecule has 0 aromatic carbocycles. The Morgan fingerprint density at radius 1 is 0.898 bits per heavy atom. The number of carbonyl (C=O) groups excluding carboxylic acids is 5. The monoisotopic (exact) mass is 686 g/mol. The van der Waals surface area contributed by atoms with Gasteiger partial charge in [-0.15, -0.1) is 0 Å². The maximum atomic E-state index is 13.0. The van der Waals surface area contributed by atoms with E-state index < -0.39 is 18.0 Å². The van der Waals surface area contributed by atoms with Crippen molar-refractivity contribution in [2.75, 3.05) is 39.5 Å². The third kappa shape index (κ3) is 16.5. The van der Waals surface area contributed by atoms with Gasteiger partial charge in [0.1, 0.15) is 13.2 Å². The van der Waals surface area contributed by atoms with Crippen LogP contribution in [0.25, 0.3) is 0 Å². The van der Waals surface area contributed by atoms with Gasteiger partial charge >= 0.3 is 17.9 Å². The first-order chi connectivity index (χ1) is 23.6. The predicted octanol–water partition coefficient (Wildman–Crippen LogP) is 5.01. The molecule has 0 saturated carbocycles. The Morgan fingerprint density at radius 2 is 1.55 bits per heavy atom. The largest absolute Gasteiger partial charge is 0.462 e. The Bertz CT molecular complexity index is 1180. The van der Waals surface area contributed by atoms with Crippen molar-refractivity contribution in [3.63, 3.8) is 0 Å². The summed E-state index contributed by atoms with van der Waals surface area (Å²) in [6.45, 7) is 11.1. The minimum atomic E-state index is -0.879. The van der Waals surface area contributed by atoms with Gasteiger partial charge in [0.25, 0.3) is 0 Å². The van der Waals surface area contributed by atoms with Crippen molar-refractivity contribution in [1.82, 2.24) is 10.6 Å². The molecule has 2 rings (SSSR count). The van der Waals surface area contributed by atoms with Crippen LogP contribution in [0, 0.1) is 35.5 Å². The van der Waals surface area contributed by atoms with E-state index in [-0.39, 0.29) is 86.3 Å². The summed E-state index contributed by atoms with van der Waals surface area (Å²) in [6, 6.07) is 0. The number of ether oxygens (including phenoxy) is 4. The van der Waals surface area contributed by atoms with Crippen LogP contribution in [0.2, 0.25) is 0 Å².